The molecule has 1 fully saturated rings. The van der Waals surface area contributed by atoms with Gasteiger partial charge >= 0.3 is 0 Å². The molecule has 0 bridgehead atoms. The summed E-state index contributed by atoms with van der Waals surface area (Å²) < 4.78 is 0. The Morgan fingerprint density at radius 1 is 1.38 bits per heavy atom. The van der Waals surface area contributed by atoms with Crippen LogP contribution in [-0.2, 0) is 11.2 Å². The van der Waals surface area contributed by atoms with E-state index in [-0.39, 0.29) is 30.7 Å². The van der Waals surface area contributed by atoms with Crippen LogP contribution in [0.15, 0.2) is 24.5 Å². The number of likely N-dealkylation sites (N-methyl/N-ethyl adjacent to an activating group) is 1. The molecule has 0 radical (unpaired) electrons. The summed E-state index contributed by atoms with van der Waals surface area (Å²) in [5.41, 5.74) is 1.23. The maximum atomic E-state index is 12.0. The Balaban J connectivity index is 0.00000200. The van der Waals surface area contributed by atoms with Gasteiger partial charge in [-0.3, -0.25) is 9.78 Å². The van der Waals surface area contributed by atoms with Crippen molar-refractivity contribution >= 4 is 30.7 Å². The largest absolute Gasteiger partial charge is 0.345 e. The molecule has 0 aromatic carbocycles. The van der Waals surface area contributed by atoms with Crippen LogP contribution in [0.3, 0.4) is 0 Å². The van der Waals surface area contributed by atoms with Gasteiger partial charge < -0.3 is 10.2 Å². The van der Waals surface area contributed by atoms with Crippen LogP contribution in [0, 0.1) is 5.92 Å². The van der Waals surface area contributed by atoms with E-state index in [4.69, 9.17) is 0 Å². The molecular formula is C15H25Cl2N3O. The molecule has 1 aliphatic heterocycles. The highest BCUT2D eigenvalue weighted by Crippen LogP contribution is 2.15. The number of carbonyl (C=O) groups excluding carboxylic acids is 1. The number of nitrogens with one attached hydrogen (secondary N) is 1. The van der Waals surface area contributed by atoms with Gasteiger partial charge in [-0.1, -0.05) is 0 Å². The Kier molecular flexibility index (Phi) is 10.4. The molecule has 21 heavy (non-hydrogen) atoms. The molecule has 1 aromatic heterocycles. The molecule has 2 heterocycles. The van der Waals surface area contributed by atoms with E-state index in [2.05, 4.69) is 10.3 Å². The summed E-state index contributed by atoms with van der Waals surface area (Å²) in [4.78, 5) is 17.9. The van der Waals surface area contributed by atoms with E-state index in [1.165, 1.54) is 12.0 Å². The van der Waals surface area contributed by atoms with Crippen LogP contribution in [0.1, 0.15) is 24.8 Å². The molecule has 0 aliphatic carbocycles. The van der Waals surface area contributed by atoms with E-state index < -0.39 is 0 Å². The van der Waals surface area contributed by atoms with Gasteiger partial charge in [0.25, 0.3) is 0 Å². The predicted octanol–water partition coefficient (Wildman–Crippen LogP) is 2.32. The van der Waals surface area contributed by atoms with Crippen molar-refractivity contribution in [2.75, 3.05) is 26.7 Å². The van der Waals surface area contributed by atoms with E-state index in [0.29, 0.717) is 12.3 Å². The third-order valence-corrected chi connectivity index (χ3v) is 3.84. The molecule has 4 nitrogen and oxygen atoms in total. The lowest BCUT2D eigenvalue weighted by molar-refractivity contribution is -0.130. The van der Waals surface area contributed by atoms with Gasteiger partial charge in [0.2, 0.25) is 5.91 Å². The second-order valence-electron chi connectivity index (χ2n) is 5.32. The smallest absolute Gasteiger partial charge is 0.222 e. The SMILES string of the molecule is CN(CCc1ccncc1)C(=O)CCC1CCNC1.Cl.Cl. The molecule has 1 aromatic rings. The molecule has 120 valence electrons. The van der Waals surface area contributed by atoms with Crippen LogP contribution in [0.25, 0.3) is 0 Å². The average molecular weight is 334 g/mol. The molecule has 1 N–H and O–H groups in total. The minimum Gasteiger partial charge on any atom is -0.345 e. The van der Waals surface area contributed by atoms with Gasteiger partial charge in [0.15, 0.2) is 0 Å². The third-order valence-electron chi connectivity index (χ3n) is 3.84. The van der Waals surface area contributed by atoms with Gasteiger partial charge in [0, 0.05) is 32.4 Å². The van der Waals surface area contributed by atoms with Crippen LogP contribution < -0.4 is 5.32 Å². The molecule has 1 amide bonds. The Morgan fingerprint density at radius 2 is 2.10 bits per heavy atom. The van der Waals surface area contributed by atoms with E-state index in [1.54, 1.807) is 12.4 Å². The lowest BCUT2D eigenvalue weighted by atomic mass is 10.0. The first-order chi connectivity index (χ1) is 9.25. The zero-order chi connectivity index (χ0) is 13.5. The molecule has 2 rings (SSSR count). The van der Waals surface area contributed by atoms with Crippen molar-refractivity contribution in [3.63, 3.8) is 0 Å². The second-order valence-corrected chi connectivity index (χ2v) is 5.32. The summed E-state index contributed by atoms with van der Waals surface area (Å²) in [6.45, 7) is 2.97. The van der Waals surface area contributed by atoms with Gasteiger partial charge in [0.05, 0.1) is 0 Å². The fourth-order valence-corrected chi connectivity index (χ4v) is 2.45. The number of hydrogen-bond donors (Lipinski definition) is 1. The van der Waals surface area contributed by atoms with Crippen LogP contribution in [0.5, 0.6) is 0 Å². The quantitative estimate of drug-likeness (QED) is 0.868. The number of aromatic nitrogens is 1. The van der Waals surface area contributed by atoms with Crippen molar-refractivity contribution < 1.29 is 4.79 Å². The van der Waals surface area contributed by atoms with Crippen molar-refractivity contribution in [1.29, 1.82) is 0 Å². The van der Waals surface area contributed by atoms with Crippen molar-refractivity contribution in [2.24, 2.45) is 5.92 Å². The van der Waals surface area contributed by atoms with Gasteiger partial charge in [0.1, 0.15) is 0 Å². The molecule has 1 aliphatic rings. The molecule has 0 saturated carbocycles. The van der Waals surface area contributed by atoms with Crippen LogP contribution in [0.2, 0.25) is 0 Å². The third kappa shape index (κ3) is 7.11. The minimum atomic E-state index is 0. The van der Waals surface area contributed by atoms with Crippen molar-refractivity contribution in [1.82, 2.24) is 15.2 Å². The van der Waals surface area contributed by atoms with E-state index in [1.807, 2.05) is 24.1 Å². The fraction of sp³-hybridized carbons (Fsp3) is 0.600. The summed E-state index contributed by atoms with van der Waals surface area (Å²) in [6.07, 6.45) is 7.41. The van der Waals surface area contributed by atoms with Crippen LogP contribution in [0.4, 0.5) is 0 Å². The summed E-state index contributed by atoms with van der Waals surface area (Å²) in [5.74, 6) is 0.957. The maximum Gasteiger partial charge on any atom is 0.222 e. The summed E-state index contributed by atoms with van der Waals surface area (Å²) >= 11 is 0. The Hall–Kier alpha value is -0.840. The van der Waals surface area contributed by atoms with Crippen molar-refractivity contribution in [3.05, 3.63) is 30.1 Å². The van der Waals surface area contributed by atoms with Crippen molar-refractivity contribution in [3.8, 4) is 0 Å². The number of halogens is 2. The van der Waals surface area contributed by atoms with E-state index >= 15 is 0 Å². The van der Waals surface area contributed by atoms with Crippen LogP contribution in [-0.4, -0.2) is 42.5 Å². The Bertz CT molecular complexity index is 397. The Morgan fingerprint density at radius 3 is 2.71 bits per heavy atom. The summed E-state index contributed by atoms with van der Waals surface area (Å²) in [6, 6.07) is 4.00. The summed E-state index contributed by atoms with van der Waals surface area (Å²) in [5, 5.41) is 3.34. The fourth-order valence-electron chi connectivity index (χ4n) is 2.45. The Labute approximate surface area is 139 Å². The normalized spacial score (nSPS) is 16.7. The minimum absolute atomic E-state index is 0. The number of hydrogen-bond acceptors (Lipinski definition) is 3. The molecule has 0 spiro atoms. The molecule has 6 heteroatoms. The van der Waals surface area contributed by atoms with Crippen LogP contribution >= 0.6 is 24.8 Å². The number of pyridine rings is 1. The topological polar surface area (TPSA) is 45.2 Å². The van der Waals surface area contributed by atoms with Gasteiger partial charge in [-0.15, -0.1) is 24.8 Å². The first-order valence-electron chi connectivity index (χ1n) is 7.09. The zero-order valence-electron chi connectivity index (χ0n) is 12.5. The van der Waals surface area contributed by atoms with E-state index in [9.17, 15) is 4.79 Å². The van der Waals surface area contributed by atoms with Crippen molar-refractivity contribution in [2.45, 2.75) is 25.7 Å². The second kappa shape index (κ2) is 10.8. The van der Waals surface area contributed by atoms with Gasteiger partial charge in [-0.05, 0) is 56.0 Å². The number of amides is 1. The molecule has 1 atom stereocenters. The molecule has 1 saturated heterocycles. The highest BCUT2D eigenvalue weighted by atomic mass is 35.5. The average Bonchev–Trinajstić information content (AvgIpc) is 2.96. The van der Waals surface area contributed by atoms with Gasteiger partial charge in [-0.25, -0.2) is 0 Å². The highest BCUT2D eigenvalue weighted by Gasteiger charge is 2.17. The standard InChI is InChI=1S/C15H23N3O.2ClH/c1-18(11-7-13-4-8-16-9-5-13)15(19)3-2-14-6-10-17-12-14;;/h4-5,8-9,14,17H,2-3,6-7,10-12H2,1H3;2*1H. The monoisotopic (exact) mass is 333 g/mol. The first kappa shape index (κ1) is 20.2. The lowest BCUT2D eigenvalue weighted by Crippen LogP contribution is -2.29. The number of carbonyl (C=O) groups is 1. The maximum absolute atomic E-state index is 12.0. The molecule has 1 unspecified atom stereocenters. The first-order valence-corrected chi connectivity index (χ1v) is 7.09. The number of rotatable bonds is 6. The molecular weight excluding hydrogens is 309 g/mol. The number of nitrogens with zero attached hydrogens (tertiary/aromatic N) is 2. The zero-order valence-corrected chi connectivity index (χ0v) is 14.1. The lowest BCUT2D eigenvalue weighted by Gasteiger charge is -2.18. The highest BCUT2D eigenvalue weighted by molar-refractivity contribution is 5.85. The van der Waals surface area contributed by atoms with Gasteiger partial charge in [-0.2, -0.15) is 0 Å². The predicted molar refractivity (Wildman–Crippen MR) is 90.3 cm³/mol. The summed E-state index contributed by atoms with van der Waals surface area (Å²) in [7, 11) is 1.90. The van der Waals surface area contributed by atoms with E-state index in [0.717, 1.165) is 32.5 Å².